The monoisotopic (exact) mass is 485 g/mol. The third kappa shape index (κ3) is 8.94. The number of hydrogen-bond donors (Lipinski definition) is 2. The molecule has 0 fully saturated rings. The molecule has 0 radical (unpaired) electrons. The highest BCUT2D eigenvalue weighted by molar-refractivity contribution is 6.30. The quantitative estimate of drug-likeness (QED) is 0.424. The van der Waals surface area contributed by atoms with Crippen LogP contribution in [0.1, 0.15) is 91.3 Å². The lowest BCUT2D eigenvalue weighted by molar-refractivity contribution is -0.117. The fourth-order valence-electron chi connectivity index (χ4n) is 3.46. The van der Waals surface area contributed by atoms with Crippen molar-refractivity contribution < 1.29 is 9.59 Å². The van der Waals surface area contributed by atoms with E-state index in [1.807, 2.05) is 54.3 Å². The van der Waals surface area contributed by atoms with Crippen molar-refractivity contribution in [1.29, 1.82) is 5.41 Å². The summed E-state index contributed by atoms with van der Waals surface area (Å²) in [7, 11) is 0. The first-order valence-corrected chi connectivity index (χ1v) is 12.4. The van der Waals surface area contributed by atoms with Crippen molar-refractivity contribution in [1.82, 2.24) is 0 Å². The van der Waals surface area contributed by atoms with Crippen LogP contribution in [0.4, 0.5) is 11.4 Å². The molecule has 0 saturated carbocycles. The van der Waals surface area contributed by atoms with Gasteiger partial charge in [-0.15, -0.1) is 0 Å². The molecular weight excluding hydrogens is 446 g/mol. The molecule has 2 atom stereocenters. The lowest BCUT2D eigenvalue weighted by Crippen LogP contribution is -2.43. The first-order chi connectivity index (χ1) is 16.0. The highest BCUT2D eigenvalue weighted by Crippen LogP contribution is 2.39. The predicted octanol–water partition coefficient (Wildman–Crippen LogP) is 7.82. The van der Waals surface area contributed by atoms with Crippen LogP contribution in [0.2, 0.25) is 5.02 Å². The molecule has 0 aliphatic carbocycles. The molecule has 1 aliphatic rings. The molecule has 6 heteroatoms. The van der Waals surface area contributed by atoms with Crippen LogP contribution in [-0.4, -0.2) is 23.4 Å². The van der Waals surface area contributed by atoms with Gasteiger partial charge in [0.05, 0.1) is 6.04 Å². The van der Waals surface area contributed by atoms with Crippen molar-refractivity contribution in [2.45, 2.75) is 86.2 Å². The van der Waals surface area contributed by atoms with Gasteiger partial charge in [0.25, 0.3) is 0 Å². The predicted molar refractivity (Wildman–Crippen MR) is 146 cm³/mol. The van der Waals surface area contributed by atoms with Gasteiger partial charge >= 0.3 is 0 Å². The van der Waals surface area contributed by atoms with E-state index in [1.165, 1.54) is 12.8 Å². The molecule has 1 amide bonds. The van der Waals surface area contributed by atoms with E-state index in [9.17, 15) is 9.59 Å². The number of nitrogens with one attached hydrogen (secondary N) is 2. The third-order valence-electron chi connectivity index (χ3n) is 5.64. The number of carbonyl (C=O) groups is 2. The summed E-state index contributed by atoms with van der Waals surface area (Å²) < 4.78 is 0. The van der Waals surface area contributed by atoms with Gasteiger partial charge < -0.3 is 20.4 Å². The molecule has 0 spiro atoms. The maximum Gasteiger partial charge on any atom is 0.224 e. The van der Waals surface area contributed by atoms with Gasteiger partial charge in [0.15, 0.2) is 0 Å². The average molecular weight is 486 g/mol. The van der Waals surface area contributed by atoms with Gasteiger partial charge in [0.2, 0.25) is 5.91 Å². The van der Waals surface area contributed by atoms with Crippen LogP contribution in [0.5, 0.6) is 0 Å². The first kappa shape index (κ1) is 29.4. The van der Waals surface area contributed by atoms with E-state index < -0.39 is 0 Å². The summed E-state index contributed by atoms with van der Waals surface area (Å²) in [5.41, 5.74) is 4.34. The second-order valence-corrected chi connectivity index (χ2v) is 9.07. The van der Waals surface area contributed by atoms with E-state index in [2.05, 4.69) is 26.1 Å². The molecule has 3 rings (SSSR count). The van der Waals surface area contributed by atoms with Crippen molar-refractivity contribution in [2.75, 3.05) is 10.2 Å². The van der Waals surface area contributed by atoms with Gasteiger partial charge in [-0.1, -0.05) is 51.3 Å². The van der Waals surface area contributed by atoms with Crippen molar-refractivity contribution in [3.05, 3.63) is 58.6 Å². The summed E-state index contributed by atoms with van der Waals surface area (Å²) >= 11 is 5.97. The Kier molecular flexibility index (Phi) is 12.6. The van der Waals surface area contributed by atoms with E-state index >= 15 is 0 Å². The summed E-state index contributed by atoms with van der Waals surface area (Å²) in [6.45, 7) is 13.2. The van der Waals surface area contributed by atoms with Gasteiger partial charge in [-0.2, -0.15) is 0 Å². The Morgan fingerprint density at radius 3 is 2.03 bits per heavy atom. The number of Topliss-reactive ketones (excluding diaryl/α,β-unsaturated/α-hetero) is 1. The normalized spacial score (nSPS) is 16.2. The maximum atomic E-state index is 12.1. The Morgan fingerprint density at radius 2 is 1.59 bits per heavy atom. The largest absolute Gasteiger partial charge is 0.378 e. The number of hydrogen-bond acceptors (Lipinski definition) is 4. The number of benzene rings is 2. The van der Waals surface area contributed by atoms with Crippen LogP contribution in [0, 0.1) is 5.41 Å². The number of ketones is 1. The van der Waals surface area contributed by atoms with Crippen LogP contribution in [-0.2, 0) is 9.59 Å². The average Bonchev–Trinajstić information content (AvgIpc) is 2.80. The van der Waals surface area contributed by atoms with Crippen molar-refractivity contribution in [3.63, 3.8) is 0 Å². The molecule has 5 nitrogen and oxygen atoms in total. The van der Waals surface area contributed by atoms with Crippen LogP contribution < -0.4 is 10.2 Å². The van der Waals surface area contributed by atoms with Crippen molar-refractivity contribution >= 4 is 40.4 Å². The molecule has 34 heavy (non-hydrogen) atoms. The minimum Gasteiger partial charge on any atom is -0.378 e. The van der Waals surface area contributed by atoms with E-state index in [1.54, 1.807) is 20.8 Å². The third-order valence-corrected chi connectivity index (χ3v) is 5.89. The number of carbonyl (C=O) groups excluding carboxylic acids is 2. The Bertz CT molecular complexity index is 955. The zero-order valence-electron chi connectivity index (χ0n) is 21.7. The number of rotatable bonds is 5. The standard InChI is InChI=1S/C20H22ClN3O.C4H8O.C4H10/c1-12-10-19(23-17-7-5-16(21)6-8-17)18-11-15(13(2)22)4-9-20(18)24(12)14(3)25;1-3-4(2)5;1-3-4-2/h4-9,11-12,19,22-23H,10H2,1-3H3;3H2,1-2H3;3-4H2,1-2H3. The van der Waals surface area contributed by atoms with Gasteiger partial charge in [0, 0.05) is 41.5 Å². The molecule has 186 valence electrons. The summed E-state index contributed by atoms with van der Waals surface area (Å²) in [6, 6.07) is 13.7. The summed E-state index contributed by atoms with van der Waals surface area (Å²) in [6.07, 6.45) is 4.11. The van der Waals surface area contributed by atoms with Gasteiger partial charge in [-0.25, -0.2) is 0 Å². The second kappa shape index (κ2) is 14.6. The summed E-state index contributed by atoms with van der Waals surface area (Å²) in [5.74, 6) is 0.294. The van der Waals surface area contributed by atoms with Gasteiger partial charge in [-0.3, -0.25) is 4.79 Å². The molecule has 2 aromatic carbocycles. The molecule has 0 aromatic heterocycles. The molecule has 1 aliphatic heterocycles. The van der Waals surface area contributed by atoms with Gasteiger partial charge in [0.1, 0.15) is 5.78 Å². The summed E-state index contributed by atoms with van der Waals surface area (Å²) in [4.78, 5) is 23.8. The van der Waals surface area contributed by atoms with Crippen LogP contribution in [0.25, 0.3) is 0 Å². The smallest absolute Gasteiger partial charge is 0.224 e. The Labute approximate surface area is 210 Å². The summed E-state index contributed by atoms with van der Waals surface area (Å²) in [5, 5.41) is 12.2. The molecule has 2 aromatic rings. The van der Waals surface area contributed by atoms with Crippen LogP contribution >= 0.6 is 11.6 Å². The highest BCUT2D eigenvalue weighted by Gasteiger charge is 2.32. The van der Waals surface area contributed by atoms with E-state index in [0.717, 1.165) is 28.9 Å². The number of nitrogens with zero attached hydrogens (tertiary/aromatic N) is 1. The number of amides is 1. The highest BCUT2D eigenvalue weighted by atomic mass is 35.5. The van der Waals surface area contributed by atoms with Gasteiger partial charge in [-0.05, 0) is 74.7 Å². The zero-order chi connectivity index (χ0) is 25.8. The molecule has 2 unspecified atom stereocenters. The first-order valence-electron chi connectivity index (χ1n) is 12.1. The second-order valence-electron chi connectivity index (χ2n) is 8.63. The Morgan fingerprint density at radius 1 is 1.03 bits per heavy atom. The molecular formula is C28H40ClN3O2. The van der Waals surface area contributed by atoms with E-state index in [4.69, 9.17) is 17.0 Å². The topological polar surface area (TPSA) is 73.3 Å². The van der Waals surface area contributed by atoms with Crippen LogP contribution in [0.3, 0.4) is 0 Å². The molecule has 0 saturated heterocycles. The SMILES string of the molecule is CC(=N)c1ccc2c(c1)C(Nc1ccc(Cl)cc1)CC(C)N2C(C)=O.CCC(C)=O.CCCC. The van der Waals surface area contributed by atoms with Crippen LogP contribution in [0.15, 0.2) is 42.5 Å². The lowest BCUT2D eigenvalue weighted by Gasteiger charge is -2.39. The molecule has 1 heterocycles. The molecule has 2 N–H and O–H groups in total. The van der Waals surface area contributed by atoms with E-state index in [-0.39, 0.29) is 23.8 Å². The number of unbranched alkanes of at least 4 members (excludes halogenated alkanes) is 1. The zero-order valence-corrected chi connectivity index (χ0v) is 22.4. The van der Waals surface area contributed by atoms with E-state index in [0.29, 0.717) is 17.2 Å². The Balaban J connectivity index is 0.000000550. The number of anilines is 2. The number of halogens is 1. The Hall–Kier alpha value is -2.66. The fourth-order valence-corrected chi connectivity index (χ4v) is 3.59. The lowest BCUT2D eigenvalue weighted by atomic mass is 9.89. The minimum atomic E-state index is 0.0398. The van der Waals surface area contributed by atoms with Crippen molar-refractivity contribution in [2.24, 2.45) is 0 Å². The number of fused-ring (bicyclic) bond motifs is 1. The fraction of sp³-hybridized carbons (Fsp3) is 0.464. The molecule has 0 bridgehead atoms. The maximum absolute atomic E-state index is 12.1. The minimum absolute atomic E-state index is 0.0398. The van der Waals surface area contributed by atoms with Crippen molar-refractivity contribution in [3.8, 4) is 0 Å².